The Morgan fingerprint density at radius 2 is 2.38 bits per heavy atom. The highest BCUT2D eigenvalue weighted by Crippen LogP contribution is 2.04. The number of nitrogens with zero attached hydrogens (tertiary/aromatic N) is 1. The highest BCUT2D eigenvalue weighted by Gasteiger charge is 2.32. The quantitative estimate of drug-likeness (QED) is 0.553. The third-order valence-corrected chi connectivity index (χ3v) is 2.14. The van der Waals surface area contributed by atoms with Crippen molar-refractivity contribution < 1.29 is 9.59 Å². The van der Waals surface area contributed by atoms with Crippen LogP contribution < -0.4 is 10.6 Å². The van der Waals surface area contributed by atoms with Gasteiger partial charge >= 0.3 is 0 Å². The summed E-state index contributed by atoms with van der Waals surface area (Å²) in [6, 6.07) is -0.322. The molecule has 2 amide bonds. The molecule has 1 saturated heterocycles. The summed E-state index contributed by atoms with van der Waals surface area (Å²) in [6.07, 6.45) is 0. The molecule has 6 heteroatoms. The SMILES string of the molecule is CNC(=O)CN1C(=O)C(C)NC1=S. The van der Waals surface area contributed by atoms with Gasteiger partial charge in [0.15, 0.2) is 5.11 Å². The lowest BCUT2D eigenvalue weighted by atomic mass is 10.3. The number of hydrogen-bond acceptors (Lipinski definition) is 3. The van der Waals surface area contributed by atoms with Crippen LogP contribution in [0, 0.1) is 0 Å². The second-order valence-corrected chi connectivity index (χ2v) is 3.16. The molecule has 1 atom stereocenters. The number of carbonyl (C=O) groups is 2. The minimum atomic E-state index is -0.322. The Morgan fingerprint density at radius 3 is 2.77 bits per heavy atom. The smallest absolute Gasteiger partial charge is 0.251 e. The maximum Gasteiger partial charge on any atom is 0.251 e. The topological polar surface area (TPSA) is 61.4 Å². The van der Waals surface area contributed by atoms with E-state index >= 15 is 0 Å². The number of carbonyl (C=O) groups excluding carboxylic acids is 2. The van der Waals surface area contributed by atoms with E-state index in [-0.39, 0.29) is 24.4 Å². The molecule has 0 radical (unpaired) electrons. The fourth-order valence-electron chi connectivity index (χ4n) is 1.03. The maximum atomic E-state index is 11.4. The molecule has 0 aliphatic carbocycles. The fourth-order valence-corrected chi connectivity index (χ4v) is 1.36. The van der Waals surface area contributed by atoms with Gasteiger partial charge in [0.1, 0.15) is 12.6 Å². The van der Waals surface area contributed by atoms with Gasteiger partial charge in [-0.3, -0.25) is 14.5 Å². The Morgan fingerprint density at radius 1 is 1.77 bits per heavy atom. The molecule has 2 N–H and O–H groups in total. The fraction of sp³-hybridized carbons (Fsp3) is 0.571. The van der Waals surface area contributed by atoms with E-state index in [1.165, 1.54) is 11.9 Å². The van der Waals surface area contributed by atoms with Crippen LogP contribution in [-0.4, -0.2) is 41.5 Å². The first-order valence-corrected chi connectivity index (χ1v) is 4.29. The lowest BCUT2D eigenvalue weighted by molar-refractivity contribution is -0.131. The summed E-state index contributed by atoms with van der Waals surface area (Å²) in [5.74, 6) is -0.389. The van der Waals surface area contributed by atoms with Gasteiger partial charge in [-0.2, -0.15) is 0 Å². The molecule has 1 fully saturated rings. The van der Waals surface area contributed by atoms with Gasteiger partial charge in [-0.15, -0.1) is 0 Å². The van der Waals surface area contributed by atoms with Crippen molar-refractivity contribution in [3.8, 4) is 0 Å². The highest BCUT2D eigenvalue weighted by molar-refractivity contribution is 7.80. The Labute approximate surface area is 81.5 Å². The van der Waals surface area contributed by atoms with E-state index in [4.69, 9.17) is 12.2 Å². The van der Waals surface area contributed by atoms with Gasteiger partial charge in [0.05, 0.1) is 0 Å². The van der Waals surface area contributed by atoms with Crippen LogP contribution in [-0.2, 0) is 9.59 Å². The molecular weight excluding hydrogens is 190 g/mol. The van der Waals surface area contributed by atoms with E-state index in [0.29, 0.717) is 5.11 Å². The summed E-state index contributed by atoms with van der Waals surface area (Å²) in [5.41, 5.74) is 0. The zero-order chi connectivity index (χ0) is 10.0. The van der Waals surface area contributed by atoms with E-state index in [2.05, 4.69) is 10.6 Å². The van der Waals surface area contributed by atoms with Crippen molar-refractivity contribution in [1.29, 1.82) is 0 Å². The molecule has 1 heterocycles. The molecule has 1 unspecified atom stereocenters. The number of hydrogen-bond donors (Lipinski definition) is 2. The average molecular weight is 201 g/mol. The summed E-state index contributed by atoms with van der Waals surface area (Å²) in [5, 5.41) is 5.52. The monoisotopic (exact) mass is 201 g/mol. The van der Waals surface area contributed by atoms with Gasteiger partial charge in [-0.1, -0.05) is 0 Å². The molecule has 0 aromatic carbocycles. The zero-order valence-corrected chi connectivity index (χ0v) is 8.27. The summed E-state index contributed by atoms with van der Waals surface area (Å²) >= 11 is 4.87. The molecule has 0 saturated carbocycles. The van der Waals surface area contributed by atoms with Crippen LogP contribution in [0.3, 0.4) is 0 Å². The highest BCUT2D eigenvalue weighted by atomic mass is 32.1. The van der Waals surface area contributed by atoms with Gasteiger partial charge in [0, 0.05) is 7.05 Å². The number of rotatable bonds is 2. The average Bonchev–Trinajstić information content (AvgIpc) is 2.32. The maximum absolute atomic E-state index is 11.4. The van der Waals surface area contributed by atoms with E-state index in [1.807, 2.05) is 0 Å². The van der Waals surface area contributed by atoms with Crippen molar-refractivity contribution in [3.05, 3.63) is 0 Å². The predicted octanol–water partition coefficient (Wildman–Crippen LogP) is -1.16. The van der Waals surface area contributed by atoms with Crippen molar-refractivity contribution >= 4 is 29.1 Å². The first-order chi connectivity index (χ1) is 6.06. The first kappa shape index (κ1) is 9.91. The molecule has 72 valence electrons. The lowest BCUT2D eigenvalue weighted by Gasteiger charge is -2.12. The van der Waals surface area contributed by atoms with Gasteiger partial charge in [-0.05, 0) is 19.1 Å². The second kappa shape index (κ2) is 3.69. The van der Waals surface area contributed by atoms with Crippen LogP contribution in [0.1, 0.15) is 6.92 Å². The number of nitrogens with one attached hydrogen (secondary N) is 2. The summed E-state index contributed by atoms with van der Waals surface area (Å²) in [6.45, 7) is 1.70. The molecular formula is C7H11N3O2S. The molecule has 0 bridgehead atoms. The van der Waals surface area contributed by atoms with E-state index < -0.39 is 0 Å². The summed E-state index contributed by atoms with van der Waals surface area (Å²) in [4.78, 5) is 23.6. The number of thiocarbonyl (C=S) groups is 1. The lowest BCUT2D eigenvalue weighted by Crippen LogP contribution is -2.39. The largest absolute Gasteiger partial charge is 0.358 e. The van der Waals surface area contributed by atoms with Crippen molar-refractivity contribution in [2.75, 3.05) is 13.6 Å². The normalized spacial score (nSPS) is 21.7. The van der Waals surface area contributed by atoms with Crippen molar-refractivity contribution in [1.82, 2.24) is 15.5 Å². The molecule has 1 aliphatic rings. The van der Waals surface area contributed by atoms with Crippen LogP contribution >= 0.6 is 12.2 Å². The van der Waals surface area contributed by atoms with Gasteiger partial charge in [0.2, 0.25) is 5.91 Å². The Hall–Kier alpha value is -1.17. The van der Waals surface area contributed by atoms with Crippen molar-refractivity contribution in [3.63, 3.8) is 0 Å². The van der Waals surface area contributed by atoms with Gasteiger partial charge < -0.3 is 10.6 Å². The van der Waals surface area contributed by atoms with Crippen LogP contribution in [0.25, 0.3) is 0 Å². The summed E-state index contributed by atoms with van der Waals surface area (Å²) in [7, 11) is 1.52. The molecule has 0 aromatic rings. The van der Waals surface area contributed by atoms with Crippen molar-refractivity contribution in [2.45, 2.75) is 13.0 Å². The van der Waals surface area contributed by atoms with E-state index in [9.17, 15) is 9.59 Å². The van der Waals surface area contributed by atoms with Gasteiger partial charge in [-0.25, -0.2) is 0 Å². The minimum Gasteiger partial charge on any atom is -0.358 e. The van der Waals surface area contributed by atoms with Crippen LogP contribution in [0.4, 0.5) is 0 Å². The third-order valence-electron chi connectivity index (χ3n) is 1.80. The Balaban J connectivity index is 2.64. The standard InChI is InChI=1S/C7H11N3O2S/c1-4-6(12)10(7(13)9-4)3-5(11)8-2/h4H,3H2,1-2H3,(H,8,11)(H,9,13). The Bertz CT molecular complexity index is 266. The Kier molecular flexibility index (Phi) is 2.82. The van der Waals surface area contributed by atoms with E-state index in [0.717, 1.165) is 0 Å². The minimum absolute atomic E-state index is 0.00843. The summed E-state index contributed by atoms with van der Waals surface area (Å²) < 4.78 is 0. The predicted molar refractivity (Wildman–Crippen MR) is 51.0 cm³/mol. The zero-order valence-electron chi connectivity index (χ0n) is 7.46. The molecule has 5 nitrogen and oxygen atoms in total. The van der Waals surface area contributed by atoms with Crippen molar-refractivity contribution in [2.24, 2.45) is 0 Å². The van der Waals surface area contributed by atoms with Crippen LogP contribution in [0.15, 0.2) is 0 Å². The molecule has 1 aliphatic heterocycles. The van der Waals surface area contributed by atoms with Crippen LogP contribution in [0.2, 0.25) is 0 Å². The second-order valence-electron chi connectivity index (χ2n) is 2.77. The molecule has 1 rings (SSSR count). The molecule has 0 spiro atoms. The first-order valence-electron chi connectivity index (χ1n) is 3.88. The molecule has 13 heavy (non-hydrogen) atoms. The number of amides is 2. The third kappa shape index (κ3) is 1.95. The van der Waals surface area contributed by atoms with E-state index in [1.54, 1.807) is 6.92 Å². The number of likely N-dealkylation sites (N-methyl/N-ethyl adjacent to an activating group) is 1. The molecule has 0 aromatic heterocycles. The van der Waals surface area contributed by atoms with Crippen LogP contribution in [0.5, 0.6) is 0 Å². The van der Waals surface area contributed by atoms with Gasteiger partial charge in [0.25, 0.3) is 5.91 Å².